The number of benzene rings is 1. The van der Waals surface area contributed by atoms with Crippen LogP contribution in [0, 0.1) is 11.3 Å². The van der Waals surface area contributed by atoms with Crippen LogP contribution in [-0.4, -0.2) is 29.9 Å². The van der Waals surface area contributed by atoms with Gasteiger partial charge in [-0.2, -0.15) is 5.26 Å². The van der Waals surface area contributed by atoms with Crippen molar-refractivity contribution < 1.29 is 19.1 Å². The van der Waals surface area contributed by atoms with Gasteiger partial charge in [0.25, 0.3) is 0 Å². The van der Waals surface area contributed by atoms with Gasteiger partial charge in [-0.3, -0.25) is 4.79 Å². The van der Waals surface area contributed by atoms with Crippen LogP contribution in [0.2, 0.25) is 0 Å². The summed E-state index contributed by atoms with van der Waals surface area (Å²) in [6.07, 6.45) is 1.55. The number of nitrogens with two attached hydrogens (primary N) is 1. The van der Waals surface area contributed by atoms with Crippen LogP contribution in [0.5, 0.6) is 5.75 Å². The van der Waals surface area contributed by atoms with Crippen molar-refractivity contribution in [2.75, 3.05) is 13.2 Å². The number of hydrogen-bond acceptors (Lipinski definition) is 6. The molecule has 7 heteroatoms. The van der Waals surface area contributed by atoms with Gasteiger partial charge in [-0.15, -0.1) is 6.58 Å². The first-order valence-electron chi connectivity index (χ1n) is 8.44. The van der Waals surface area contributed by atoms with Crippen LogP contribution in [-0.2, 0) is 19.7 Å². The molecular weight excluding hydrogens is 346 g/mol. The molecule has 0 saturated heterocycles. The number of nitriles is 1. The van der Waals surface area contributed by atoms with Gasteiger partial charge in [0.1, 0.15) is 17.4 Å². The molecule has 0 aliphatic carbocycles. The number of nitrogens with zero attached hydrogens (tertiary/aromatic N) is 2. The van der Waals surface area contributed by atoms with E-state index in [1.165, 1.54) is 4.90 Å². The molecule has 0 aromatic heterocycles. The van der Waals surface area contributed by atoms with Crippen LogP contribution in [0.3, 0.4) is 0 Å². The lowest BCUT2D eigenvalue weighted by atomic mass is 9.68. The first-order valence-corrected chi connectivity index (χ1v) is 8.44. The van der Waals surface area contributed by atoms with Crippen molar-refractivity contribution in [3.63, 3.8) is 0 Å². The predicted octanol–water partition coefficient (Wildman–Crippen LogP) is 1.88. The summed E-state index contributed by atoms with van der Waals surface area (Å²) >= 11 is 0. The van der Waals surface area contributed by atoms with Crippen molar-refractivity contribution in [1.29, 1.82) is 5.26 Å². The van der Waals surface area contributed by atoms with Crippen LogP contribution >= 0.6 is 0 Å². The molecule has 2 heterocycles. The number of para-hydroxylation sites is 1. The number of allylic oxidation sites excluding steroid dienone is 1. The summed E-state index contributed by atoms with van der Waals surface area (Å²) in [6, 6.07) is 8.71. The fraction of sp³-hybridized carbons (Fsp3) is 0.250. The molecular formula is C20H19N3O4. The second kappa shape index (κ2) is 6.65. The molecule has 1 aromatic rings. The van der Waals surface area contributed by atoms with E-state index in [9.17, 15) is 14.9 Å². The molecule has 1 atom stereocenters. The Kier molecular flexibility index (Phi) is 4.50. The van der Waals surface area contributed by atoms with Crippen molar-refractivity contribution in [3.8, 4) is 11.8 Å². The third-order valence-electron chi connectivity index (χ3n) is 4.74. The maximum Gasteiger partial charge on any atom is 0.337 e. The third-order valence-corrected chi connectivity index (χ3v) is 4.74. The van der Waals surface area contributed by atoms with E-state index in [0.29, 0.717) is 17.0 Å². The summed E-state index contributed by atoms with van der Waals surface area (Å²) in [4.78, 5) is 27.9. The number of esters is 1. The first-order chi connectivity index (χ1) is 12.9. The van der Waals surface area contributed by atoms with Gasteiger partial charge >= 0.3 is 5.97 Å². The molecule has 0 unspecified atom stereocenters. The molecule has 7 nitrogen and oxygen atoms in total. The van der Waals surface area contributed by atoms with Crippen molar-refractivity contribution in [1.82, 2.24) is 4.90 Å². The number of rotatable bonds is 4. The van der Waals surface area contributed by atoms with Gasteiger partial charge in [0, 0.05) is 17.8 Å². The van der Waals surface area contributed by atoms with Crippen LogP contribution in [0.15, 0.2) is 59.6 Å². The monoisotopic (exact) mass is 365 g/mol. The maximum atomic E-state index is 13.6. The highest BCUT2D eigenvalue weighted by atomic mass is 16.5. The Labute approximate surface area is 157 Å². The minimum atomic E-state index is -1.70. The highest BCUT2D eigenvalue weighted by molar-refractivity contribution is 6.12. The van der Waals surface area contributed by atoms with Crippen molar-refractivity contribution in [2.45, 2.75) is 19.3 Å². The molecule has 2 aliphatic rings. The molecule has 27 heavy (non-hydrogen) atoms. The minimum absolute atomic E-state index is 0.0754. The Bertz CT molecular complexity index is 954. The molecule has 1 aromatic carbocycles. The fourth-order valence-corrected chi connectivity index (χ4v) is 3.70. The second-order valence-corrected chi connectivity index (χ2v) is 6.08. The Morgan fingerprint density at radius 1 is 1.48 bits per heavy atom. The number of amides is 1. The molecule has 0 fully saturated rings. The minimum Gasteiger partial charge on any atom is -0.463 e. The molecule has 0 saturated carbocycles. The Morgan fingerprint density at radius 3 is 2.81 bits per heavy atom. The van der Waals surface area contributed by atoms with Gasteiger partial charge in [-0.25, -0.2) is 4.79 Å². The fourth-order valence-electron chi connectivity index (χ4n) is 3.70. The lowest BCUT2D eigenvalue weighted by Gasteiger charge is -2.35. The maximum absolute atomic E-state index is 13.6. The van der Waals surface area contributed by atoms with Crippen molar-refractivity contribution >= 4 is 11.9 Å². The summed E-state index contributed by atoms with van der Waals surface area (Å²) in [5.41, 5.74) is 5.02. The number of fused-ring (bicyclic) bond motifs is 2. The predicted molar refractivity (Wildman–Crippen MR) is 96.8 cm³/mol. The first kappa shape index (κ1) is 18.3. The van der Waals surface area contributed by atoms with Gasteiger partial charge in [0.15, 0.2) is 5.41 Å². The van der Waals surface area contributed by atoms with E-state index >= 15 is 0 Å². The van der Waals surface area contributed by atoms with Gasteiger partial charge in [-0.05, 0) is 19.9 Å². The zero-order valence-electron chi connectivity index (χ0n) is 15.1. The van der Waals surface area contributed by atoms with E-state index < -0.39 is 17.3 Å². The quantitative estimate of drug-likeness (QED) is 0.645. The SMILES string of the molecule is C=CCN1C(=O)[C@@]2(C(C#N)=C(N)Oc3ccccc32)C(C(=O)OCC)=C1C. The summed E-state index contributed by atoms with van der Waals surface area (Å²) in [5.74, 6) is -1.03. The summed E-state index contributed by atoms with van der Waals surface area (Å²) in [5, 5.41) is 9.83. The van der Waals surface area contributed by atoms with E-state index in [1.54, 1.807) is 44.2 Å². The molecule has 138 valence electrons. The lowest BCUT2D eigenvalue weighted by molar-refractivity contribution is -0.140. The second-order valence-electron chi connectivity index (χ2n) is 6.08. The smallest absolute Gasteiger partial charge is 0.337 e. The standard InChI is InChI=1S/C20H19N3O4/c1-4-10-23-12(3)16(18(24)26-5-2)20(19(23)25)13-8-6-7-9-15(13)27-17(22)14(20)11-21/h4,6-9H,1,5,10,22H2,2-3H3/t20-/m0/s1. The van der Waals surface area contributed by atoms with E-state index in [-0.39, 0.29) is 30.2 Å². The molecule has 0 radical (unpaired) electrons. The molecule has 0 bridgehead atoms. The van der Waals surface area contributed by atoms with Gasteiger partial charge < -0.3 is 20.1 Å². The average Bonchev–Trinajstić information content (AvgIpc) is 2.85. The molecule has 1 spiro atoms. The molecule has 1 amide bonds. The van der Waals surface area contributed by atoms with Crippen LogP contribution in [0.4, 0.5) is 0 Å². The van der Waals surface area contributed by atoms with E-state index in [4.69, 9.17) is 15.2 Å². The average molecular weight is 365 g/mol. The van der Waals surface area contributed by atoms with Crippen LogP contribution in [0.1, 0.15) is 19.4 Å². The van der Waals surface area contributed by atoms with Crippen LogP contribution in [0.25, 0.3) is 0 Å². The molecule has 3 rings (SSSR count). The topological polar surface area (TPSA) is 106 Å². The van der Waals surface area contributed by atoms with E-state index in [1.807, 2.05) is 6.07 Å². The van der Waals surface area contributed by atoms with Crippen LogP contribution < -0.4 is 10.5 Å². The number of hydrogen-bond donors (Lipinski definition) is 1. The summed E-state index contributed by atoms with van der Waals surface area (Å²) in [6.45, 7) is 7.29. The Balaban J connectivity index is 2.43. The molecule has 2 aliphatic heterocycles. The number of carbonyl (C=O) groups excluding carboxylic acids is 2. The largest absolute Gasteiger partial charge is 0.463 e. The number of ether oxygens (including phenoxy) is 2. The zero-order valence-corrected chi connectivity index (χ0v) is 15.1. The van der Waals surface area contributed by atoms with E-state index in [0.717, 1.165) is 0 Å². The van der Waals surface area contributed by atoms with Crippen molar-refractivity contribution in [3.05, 3.63) is 65.2 Å². The molecule has 2 N–H and O–H groups in total. The highest BCUT2D eigenvalue weighted by Gasteiger charge is 2.61. The normalized spacial score (nSPS) is 21.1. The highest BCUT2D eigenvalue weighted by Crippen LogP contribution is 2.53. The Hall–Kier alpha value is -3.53. The Morgan fingerprint density at radius 2 is 2.19 bits per heavy atom. The number of carbonyl (C=O) groups is 2. The summed E-state index contributed by atoms with van der Waals surface area (Å²) < 4.78 is 10.8. The van der Waals surface area contributed by atoms with Gasteiger partial charge in [0.05, 0.1) is 12.2 Å². The van der Waals surface area contributed by atoms with Crippen molar-refractivity contribution in [2.24, 2.45) is 5.73 Å². The van der Waals surface area contributed by atoms with Gasteiger partial charge in [0.2, 0.25) is 11.8 Å². The third kappa shape index (κ3) is 2.34. The summed E-state index contributed by atoms with van der Waals surface area (Å²) in [7, 11) is 0. The van der Waals surface area contributed by atoms with E-state index in [2.05, 4.69) is 6.58 Å². The zero-order chi connectivity index (χ0) is 19.8. The van der Waals surface area contributed by atoms with Gasteiger partial charge in [-0.1, -0.05) is 24.3 Å². The lowest BCUT2D eigenvalue weighted by Crippen LogP contribution is -2.47.